The number of oxazole rings is 1. The van der Waals surface area contributed by atoms with Crippen LogP contribution in [0.2, 0.25) is 0 Å². The summed E-state index contributed by atoms with van der Waals surface area (Å²) in [7, 11) is 0. The Morgan fingerprint density at radius 2 is 2.12 bits per heavy atom. The Morgan fingerprint density at radius 3 is 2.88 bits per heavy atom. The average Bonchev–Trinajstić information content (AvgIpc) is 3.01. The van der Waals surface area contributed by atoms with Gasteiger partial charge >= 0.3 is 0 Å². The van der Waals surface area contributed by atoms with Crippen molar-refractivity contribution in [3.63, 3.8) is 0 Å². The maximum atomic E-state index is 5.95. The monoisotopic (exact) mass is 238 g/mol. The van der Waals surface area contributed by atoms with E-state index >= 15 is 0 Å². The third-order valence-electron chi connectivity index (χ3n) is 3.56. The quantitative estimate of drug-likeness (QED) is 0.858. The first-order valence-electron chi connectivity index (χ1n) is 6.17. The topological polar surface area (TPSA) is 38.1 Å². The van der Waals surface area contributed by atoms with Crippen LogP contribution in [0.3, 0.4) is 0 Å². The van der Waals surface area contributed by atoms with Crippen LogP contribution in [0.5, 0.6) is 0 Å². The molecule has 1 aromatic rings. The molecule has 0 amide bonds. The highest BCUT2D eigenvalue weighted by Crippen LogP contribution is 2.34. The van der Waals surface area contributed by atoms with Crippen molar-refractivity contribution in [1.29, 1.82) is 0 Å². The number of nitrogens with zero attached hydrogens (tertiary/aromatic N) is 1. The van der Waals surface area contributed by atoms with E-state index in [0.717, 1.165) is 24.7 Å². The van der Waals surface area contributed by atoms with Gasteiger partial charge in [-0.25, -0.2) is 4.98 Å². The maximum absolute atomic E-state index is 5.95. The summed E-state index contributed by atoms with van der Waals surface area (Å²) in [6, 6.07) is 0. The van der Waals surface area contributed by atoms with Crippen LogP contribution >= 0.6 is 11.8 Å². The molecule has 2 saturated heterocycles. The average molecular weight is 238 g/mol. The van der Waals surface area contributed by atoms with E-state index in [-0.39, 0.29) is 0 Å². The second-order valence-corrected chi connectivity index (χ2v) is 5.84. The Labute approximate surface area is 100 Å². The molecule has 1 atom stereocenters. The second kappa shape index (κ2) is 4.80. The smallest absolute Gasteiger partial charge is 0.197 e. The fourth-order valence-corrected chi connectivity index (χ4v) is 3.74. The van der Waals surface area contributed by atoms with Gasteiger partial charge in [0.15, 0.2) is 5.89 Å². The van der Waals surface area contributed by atoms with Crippen molar-refractivity contribution < 1.29 is 4.42 Å². The summed E-state index contributed by atoms with van der Waals surface area (Å²) in [5, 5.41) is 3.37. The van der Waals surface area contributed by atoms with Gasteiger partial charge in [-0.05, 0) is 38.1 Å². The van der Waals surface area contributed by atoms with Crippen LogP contribution in [-0.4, -0.2) is 29.6 Å². The van der Waals surface area contributed by atoms with Gasteiger partial charge in [0.25, 0.3) is 0 Å². The van der Waals surface area contributed by atoms with Gasteiger partial charge in [-0.2, -0.15) is 11.8 Å². The van der Waals surface area contributed by atoms with Crippen LogP contribution in [-0.2, 0) is 0 Å². The fraction of sp³-hybridized carbons (Fsp3) is 0.750. The van der Waals surface area contributed by atoms with Crippen LogP contribution in [0.1, 0.15) is 42.7 Å². The van der Waals surface area contributed by atoms with Crippen molar-refractivity contribution in [2.75, 3.05) is 24.6 Å². The van der Waals surface area contributed by atoms with Crippen LogP contribution < -0.4 is 5.32 Å². The highest BCUT2D eigenvalue weighted by Gasteiger charge is 2.24. The molecule has 0 radical (unpaired) electrons. The molecule has 0 saturated carbocycles. The minimum absolute atomic E-state index is 0.545. The molecule has 0 aromatic carbocycles. The standard InChI is InChI=1S/C12H18N2OS/c1-4-13-5-2-9(1)12-14-7-11(15-12)10-3-6-16-8-10/h7,9-10,13H,1-6,8H2. The number of nitrogens with one attached hydrogen (secondary N) is 1. The van der Waals surface area contributed by atoms with E-state index in [0.29, 0.717) is 11.8 Å². The first kappa shape index (κ1) is 10.7. The van der Waals surface area contributed by atoms with Gasteiger partial charge < -0.3 is 9.73 Å². The van der Waals surface area contributed by atoms with Gasteiger partial charge in [0, 0.05) is 17.6 Å². The minimum atomic E-state index is 0.545. The maximum Gasteiger partial charge on any atom is 0.197 e. The van der Waals surface area contributed by atoms with E-state index < -0.39 is 0 Å². The minimum Gasteiger partial charge on any atom is -0.445 e. The highest BCUT2D eigenvalue weighted by molar-refractivity contribution is 7.99. The first-order chi connectivity index (χ1) is 7.93. The number of hydrogen-bond donors (Lipinski definition) is 1. The van der Waals surface area contributed by atoms with E-state index in [2.05, 4.69) is 10.3 Å². The molecule has 1 aromatic heterocycles. The van der Waals surface area contributed by atoms with Crippen LogP contribution in [0.25, 0.3) is 0 Å². The van der Waals surface area contributed by atoms with Crippen molar-refractivity contribution in [3.8, 4) is 0 Å². The summed E-state index contributed by atoms with van der Waals surface area (Å²) in [5.41, 5.74) is 0. The number of aromatic nitrogens is 1. The zero-order valence-corrected chi connectivity index (χ0v) is 10.3. The van der Waals surface area contributed by atoms with Gasteiger partial charge in [-0.1, -0.05) is 0 Å². The molecule has 2 aliphatic heterocycles. The van der Waals surface area contributed by atoms with Crippen molar-refractivity contribution in [1.82, 2.24) is 10.3 Å². The molecule has 3 rings (SSSR count). The lowest BCUT2D eigenvalue weighted by Crippen LogP contribution is -2.26. The first-order valence-corrected chi connectivity index (χ1v) is 7.33. The van der Waals surface area contributed by atoms with E-state index in [4.69, 9.17) is 4.42 Å². The van der Waals surface area contributed by atoms with Crippen molar-refractivity contribution in [2.24, 2.45) is 0 Å². The molecule has 4 heteroatoms. The molecular weight excluding hydrogens is 220 g/mol. The van der Waals surface area contributed by atoms with Crippen molar-refractivity contribution in [3.05, 3.63) is 17.8 Å². The normalized spacial score (nSPS) is 27.4. The lowest BCUT2D eigenvalue weighted by atomic mass is 9.98. The Balaban J connectivity index is 1.71. The third-order valence-corrected chi connectivity index (χ3v) is 4.72. The van der Waals surface area contributed by atoms with E-state index in [9.17, 15) is 0 Å². The summed E-state index contributed by atoms with van der Waals surface area (Å²) in [4.78, 5) is 4.48. The molecule has 88 valence electrons. The Hall–Kier alpha value is -0.480. The molecule has 2 fully saturated rings. The Kier molecular flexibility index (Phi) is 3.20. The molecule has 2 aliphatic rings. The van der Waals surface area contributed by atoms with E-state index in [1.807, 2.05) is 18.0 Å². The lowest BCUT2D eigenvalue weighted by molar-refractivity contribution is 0.354. The van der Waals surface area contributed by atoms with E-state index in [1.165, 1.54) is 30.8 Å². The number of thioether (sulfide) groups is 1. The van der Waals surface area contributed by atoms with Crippen LogP contribution in [0.15, 0.2) is 10.6 Å². The summed E-state index contributed by atoms with van der Waals surface area (Å²) in [5.74, 6) is 5.75. The summed E-state index contributed by atoms with van der Waals surface area (Å²) < 4.78 is 5.95. The highest BCUT2D eigenvalue weighted by atomic mass is 32.2. The zero-order chi connectivity index (χ0) is 10.8. The summed E-state index contributed by atoms with van der Waals surface area (Å²) in [6.45, 7) is 2.20. The molecule has 0 bridgehead atoms. The van der Waals surface area contributed by atoms with Crippen LogP contribution in [0, 0.1) is 0 Å². The largest absolute Gasteiger partial charge is 0.445 e. The molecule has 16 heavy (non-hydrogen) atoms. The van der Waals surface area contributed by atoms with Crippen molar-refractivity contribution in [2.45, 2.75) is 31.1 Å². The second-order valence-electron chi connectivity index (χ2n) is 4.69. The molecular formula is C12H18N2OS. The van der Waals surface area contributed by atoms with Gasteiger partial charge in [0.05, 0.1) is 6.20 Å². The van der Waals surface area contributed by atoms with Gasteiger partial charge in [0.2, 0.25) is 0 Å². The molecule has 3 heterocycles. The van der Waals surface area contributed by atoms with Crippen molar-refractivity contribution >= 4 is 11.8 Å². The Bertz CT molecular complexity index is 341. The lowest BCUT2D eigenvalue weighted by Gasteiger charge is -2.19. The fourth-order valence-electron chi connectivity index (χ4n) is 2.51. The summed E-state index contributed by atoms with van der Waals surface area (Å²) in [6.07, 6.45) is 5.55. The third kappa shape index (κ3) is 2.13. The van der Waals surface area contributed by atoms with Gasteiger partial charge in [-0.3, -0.25) is 0 Å². The van der Waals surface area contributed by atoms with Gasteiger partial charge in [-0.15, -0.1) is 0 Å². The predicted octanol–water partition coefficient (Wildman–Crippen LogP) is 2.36. The number of piperidine rings is 1. The molecule has 1 N–H and O–H groups in total. The SMILES string of the molecule is c1nc(C2CCNCC2)oc1C1CCSC1. The number of rotatable bonds is 2. The van der Waals surface area contributed by atoms with E-state index in [1.54, 1.807) is 0 Å². The Morgan fingerprint density at radius 1 is 1.25 bits per heavy atom. The molecule has 3 nitrogen and oxygen atoms in total. The summed E-state index contributed by atoms with van der Waals surface area (Å²) >= 11 is 2.02. The van der Waals surface area contributed by atoms with Gasteiger partial charge in [0.1, 0.15) is 5.76 Å². The zero-order valence-electron chi connectivity index (χ0n) is 9.45. The molecule has 0 spiro atoms. The van der Waals surface area contributed by atoms with Crippen LogP contribution in [0.4, 0.5) is 0 Å². The number of hydrogen-bond acceptors (Lipinski definition) is 4. The molecule has 0 aliphatic carbocycles. The predicted molar refractivity (Wildman–Crippen MR) is 66.0 cm³/mol. The molecule has 1 unspecified atom stereocenters.